The average molecular weight is 379 g/mol. The molecule has 7 heteroatoms. The molecule has 0 saturated heterocycles. The zero-order chi connectivity index (χ0) is 19.5. The van der Waals surface area contributed by atoms with Gasteiger partial charge >= 0.3 is 0 Å². The molecule has 0 radical (unpaired) electrons. The van der Waals surface area contributed by atoms with E-state index >= 15 is 0 Å². The molecule has 0 atom stereocenters. The Bertz CT molecular complexity index is 883. The van der Waals surface area contributed by atoms with Crippen molar-refractivity contribution in [1.82, 2.24) is 4.72 Å². The van der Waals surface area contributed by atoms with Gasteiger partial charge in [0.2, 0.25) is 15.8 Å². The summed E-state index contributed by atoms with van der Waals surface area (Å²) in [5.74, 6) is 1.38. The summed E-state index contributed by atoms with van der Waals surface area (Å²) in [5.41, 5.74) is 3.11. The zero-order valence-corrected chi connectivity index (χ0v) is 16.8. The molecule has 6 nitrogen and oxygen atoms in total. The Hall–Kier alpha value is -2.25. The number of nitrogens with one attached hydrogen (secondary N) is 1. The highest BCUT2D eigenvalue weighted by molar-refractivity contribution is 7.89. The minimum atomic E-state index is -3.67. The van der Waals surface area contributed by atoms with Crippen LogP contribution >= 0.6 is 0 Å². The third kappa shape index (κ3) is 3.94. The monoisotopic (exact) mass is 379 g/mol. The van der Waals surface area contributed by atoms with Crippen molar-refractivity contribution in [3.63, 3.8) is 0 Å². The van der Waals surface area contributed by atoms with Crippen LogP contribution in [0.25, 0.3) is 0 Å². The standard InChI is InChI=1S/C19H25NO5S/c1-12-9-13(2)19(14(3)10-12)26(21,22)20-11-15-7-8-16(23-4)18(25-6)17(15)24-5/h7-10,20H,11H2,1-6H3. The number of benzene rings is 2. The molecule has 0 saturated carbocycles. The van der Waals surface area contributed by atoms with Crippen molar-refractivity contribution in [2.45, 2.75) is 32.2 Å². The average Bonchev–Trinajstić information content (AvgIpc) is 2.57. The second-order valence-electron chi connectivity index (χ2n) is 6.05. The topological polar surface area (TPSA) is 73.9 Å². The van der Waals surface area contributed by atoms with Crippen LogP contribution in [-0.2, 0) is 16.6 Å². The fourth-order valence-electron chi connectivity index (χ4n) is 3.14. The van der Waals surface area contributed by atoms with Crippen molar-refractivity contribution in [3.05, 3.63) is 46.5 Å². The maximum atomic E-state index is 12.8. The summed E-state index contributed by atoms with van der Waals surface area (Å²) in [5, 5.41) is 0. The molecule has 2 aromatic rings. The number of rotatable bonds is 7. The molecule has 0 fully saturated rings. The van der Waals surface area contributed by atoms with E-state index in [-0.39, 0.29) is 6.54 Å². The van der Waals surface area contributed by atoms with Gasteiger partial charge in [-0.2, -0.15) is 0 Å². The Morgan fingerprint density at radius 1 is 0.885 bits per heavy atom. The zero-order valence-electron chi connectivity index (χ0n) is 16.0. The van der Waals surface area contributed by atoms with Gasteiger partial charge in [0.1, 0.15) is 0 Å². The summed E-state index contributed by atoms with van der Waals surface area (Å²) >= 11 is 0. The lowest BCUT2D eigenvalue weighted by atomic mass is 10.1. The van der Waals surface area contributed by atoms with Gasteiger partial charge in [-0.15, -0.1) is 0 Å². The highest BCUT2D eigenvalue weighted by atomic mass is 32.2. The Morgan fingerprint density at radius 2 is 1.46 bits per heavy atom. The molecule has 0 amide bonds. The summed E-state index contributed by atoms with van der Waals surface area (Å²) in [6.45, 7) is 5.61. The van der Waals surface area contributed by atoms with E-state index in [1.165, 1.54) is 21.3 Å². The highest BCUT2D eigenvalue weighted by Gasteiger charge is 2.22. The summed E-state index contributed by atoms with van der Waals surface area (Å²) in [6.07, 6.45) is 0. The van der Waals surface area contributed by atoms with E-state index in [9.17, 15) is 8.42 Å². The number of hydrogen-bond donors (Lipinski definition) is 1. The first-order valence-corrected chi connectivity index (χ1v) is 9.58. The van der Waals surface area contributed by atoms with Crippen molar-refractivity contribution in [1.29, 1.82) is 0 Å². The Kier molecular flexibility index (Phi) is 6.15. The van der Waals surface area contributed by atoms with Gasteiger partial charge in [-0.25, -0.2) is 13.1 Å². The van der Waals surface area contributed by atoms with Crippen molar-refractivity contribution in [2.24, 2.45) is 0 Å². The summed E-state index contributed by atoms with van der Waals surface area (Å²) < 4.78 is 44.3. The van der Waals surface area contributed by atoms with E-state index in [0.717, 1.165) is 5.56 Å². The maximum Gasteiger partial charge on any atom is 0.241 e. The van der Waals surface area contributed by atoms with Crippen LogP contribution in [0.5, 0.6) is 17.2 Å². The number of hydrogen-bond acceptors (Lipinski definition) is 5. The molecule has 0 heterocycles. The van der Waals surface area contributed by atoms with E-state index in [1.54, 1.807) is 26.0 Å². The predicted molar refractivity (Wildman–Crippen MR) is 101 cm³/mol. The van der Waals surface area contributed by atoms with Gasteiger partial charge in [-0.1, -0.05) is 23.8 Å². The lowest BCUT2D eigenvalue weighted by Gasteiger charge is -2.17. The van der Waals surface area contributed by atoms with Crippen molar-refractivity contribution in [2.75, 3.05) is 21.3 Å². The van der Waals surface area contributed by atoms with E-state index in [1.807, 2.05) is 19.1 Å². The van der Waals surface area contributed by atoms with Crippen LogP contribution in [0.4, 0.5) is 0 Å². The molecule has 0 aliphatic heterocycles. The molecule has 0 aromatic heterocycles. The third-order valence-electron chi connectivity index (χ3n) is 4.11. The second-order valence-corrected chi connectivity index (χ2v) is 7.75. The molecule has 0 aliphatic rings. The van der Waals surface area contributed by atoms with Crippen LogP contribution in [0.2, 0.25) is 0 Å². The van der Waals surface area contributed by atoms with Crippen LogP contribution in [-0.4, -0.2) is 29.7 Å². The quantitative estimate of drug-likeness (QED) is 0.800. The highest BCUT2D eigenvalue weighted by Crippen LogP contribution is 2.39. The lowest BCUT2D eigenvalue weighted by molar-refractivity contribution is 0.322. The molecule has 2 aromatic carbocycles. The number of methoxy groups -OCH3 is 3. The Labute approximate surface area is 155 Å². The van der Waals surface area contributed by atoms with Crippen molar-refractivity contribution in [3.8, 4) is 17.2 Å². The Morgan fingerprint density at radius 3 is 1.96 bits per heavy atom. The molecule has 0 spiro atoms. The molecule has 1 N–H and O–H groups in total. The maximum absolute atomic E-state index is 12.8. The van der Waals surface area contributed by atoms with E-state index in [4.69, 9.17) is 14.2 Å². The SMILES string of the molecule is COc1ccc(CNS(=O)(=O)c2c(C)cc(C)cc2C)c(OC)c1OC. The minimum absolute atomic E-state index is 0.0681. The van der Waals surface area contributed by atoms with E-state index in [0.29, 0.717) is 38.8 Å². The predicted octanol–water partition coefficient (Wildman–Crippen LogP) is 3.12. The first kappa shape index (κ1) is 20.1. The molecule has 0 aliphatic carbocycles. The van der Waals surface area contributed by atoms with Gasteiger partial charge in [0.05, 0.1) is 26.2 Å². The third-order valence-corrected chi connectivity index (χ3v) is 5.82. The molecule has 0 unspecified atom stereocenters. The number of sulfonamides is 1. The first-order valence-electron chi connectivity index (χ1n) is 8.10. The van der Waals surface area contributed by atoms with Crippen molar-refractivity contribution < 1.29 is 22.6 Å². The number of aryl methyl sites for hydroxylation is 3. The molecule has 26 heavy (non-hydrogen) atoms. The normalized spacial score (nSPS) is 11.3. The van der Waals surface area contributed by atoms with Gasteiger partial charge < -0.3 is 14.2 Å². The smallest absolute Gasteiger partial charge is 0.241 e. The summed E-state index contributed by atoms with van der Waals surface area (Å²) in [6, 6.07) is 7.18. The fraction of sp³-hybridized carbons (Fsp3) is 0.368. The summed E-state index contributed by atoms with van der Waals surface area (Å²) in [7, 11) is 0.867. The van der Waals surface area contributed by atoms with Gasteiger partial charge in [-0.3, -0.25) is 0 Å². The molecular formula is C19H25NO5S. The van der Waals surface area contributed by atoms with Crippen LogP contribution in [0.1, 0.15) is 22.3 Å². The van der Waals surface area contributed by atoms with Gasteiger partial charge in [-0.05, 0) is 38.0 Å². The van der Waals surface area contributed by atoms with Gasteiger partial charge in [0.15, 0.2) is 11.5 Å². The molecule has 0 bridgehead atoms. The van der Waals surface area contributed by atoms with Crippen molar-refractivity contribution >= 4 is 10.0 Å². The number of ether oxygens (including phenoxy) is 3. The molecule has 142 valence electrons. The van der Waals surface area contributed by atoms with Crippen LogP contribution < -0.4 is 18.9 Å². The van der Waals surface area contributed by atoms with Crippen LogP contribution in [0.15, 0.2) is 29.2 Å². The fourth-order valence-corrected chi connectivity index (χ4v) is 4.59. The molecule has 2 rings (SSSR count). The minimum Gasteiger partial charge on any atom is -0.493 e. The molecular weight excluding hydrogens is 354 g/mol. The summed E-state index contributed by atoms with van der Waals surface area (Å²) in [4.78, 5) is 0.308. The second kappa shape index (κ2) is 7.97. The largest absolute Gasteiger partial charge is 0.493 e. The van der Waals surface area contributed by atoms with Gasteiger partial charge in [0, 0.05) is 12.1 Å². The van der Waals surface area contributed by atoms with Crippen LogP contribution in [0.3, 0.4) is 0 Å². The van der Waals surface area contributed by atoms with E-state index < -0.39 is 10.0 Å². The van der Waals surface area contributed by atoms with Crippen LogP contribution in [0, 0.1) is 20.8 Å². The Balaban J connectivity index is 2.37. The lowest BCUT2D eigenvalue weighted by Crippen LogP contribution is -2.25. The first-order chi connectivity index (χ1) is 12.2. The van der Waals surface area contributed by atoms with E-state index in [2.05, 4.69) is 4.72 Å². The van der Waals surface area contributed by atoms with Gasteiger partial charge in [0.25, 0.3) is 0 Å².